The Morgan fingerprint density at radius 1 is 0.487 bits per heavy atom. The number of hydrogen-bond acceptors (Lipinski definition) is 2. The molecule has 0 N–H and O–H groups in total. The van der Waals surface area contributed by atoms with Crippen molar-refractivity contribution in [2.24, 2.45) is 0 Å². The van der Waals surface area contributed by atoms with Crippen molar-refractivity contribution in [3.63, 3.8) is 0 Å². The molecule has 0 bridgehead atoms. The van der Waals surface area contributed by atoms with Crippen LogP contribution in [0.15, 0.2) is 132 Å². The van der Waals surface area contributed by atoms with Gasteiger partial charge in [0.15, 0.2) is 5.58 Å². The van der Waals surface area contributed by atoms with Crippen LogP contribution in [0, 0.1) is 0 Å². The predicted octanol–water partition coefficient (Wildman–Crippen LogP) is 9.18. The van der Waals surface area contributed by atoms with E-state index in [1.807, 2.05) is 24.3 Å². The lowest BCUT2D eigenvalue weighted by molar-refractivity contribution is 0.574. The molecule has 0 radical (unpaired) electrons. The van der Waals surface area contributed by atoms with Crippen LogP contribution in [-0.4, -0.2) is 14.1 Å². The van der Waals surface area contributed by atoms with E-state index < -0.39 is 0 Å². The Morgan fingerprint density at radius 3 is 2.10 bits per heavy atom. The van der Waals surface area contributed by atoms with Crippen molar-refractivity contribution in [3.8, 4) is 11.7 Å². The molecule has 3 heterocycles. The summed E-state index contributed by atoms with van der Waals surface area (Å²) in [6.45, 7) is 0. The number of oxazole rings is 1. The lowest BCUT2D eigenvalue weighted by Gasteiger charge is -2.08. The topological polar surface area (TPSA) is 35.9 Å². The minimum Gasteiger partial charge on any atom is -0.423 e. The molecule has 0 unspecified atom stereocenters. The second kappa shape index (κ2) is 7.59. The van der Waals surface area contributed by atoms with Gasteiger partial charge < -0.3 is 8.98 Å². The molecule has 0 amide bonds. The fraction of sp³-hybridized carbons (Fsp3) is 0. The van der Waals surface area contributed by atoms with Gasteiger partial charge in [0.1, 0.15) is 5.52 Å². The molecule has 3 aromatic heterocycles. The summed E-state index contributed by atoms with van der Waals surface area (Å²) in [5.41, 5.74) is 7.28. The number of para-hydroxylation sites is 4. The van der Waals surface area contributed by atoms with Gasteiger partial charge in [-0.3, -0.25) is 4.57 Å². The average Bonchev–Trinajstić information content (AvgIpc) is 3.67. The van der Waals surface area contributed by atoms with Crippen LogP contribution in [0.2, 0.25) is 0 Å². The van der Waals surface area contributed by atoms with E-state index in [1.165, 1.54) is 37.8 Å². The fourth-order valence-corrected chi connectivity index (χ4v) is 6.33. The molecule has 0 fully saturated rings. The van der Waals surface area contributed by atoms with Gasteiger partial charge in [0, 0.05) is 27.2 Å². The van der Waals surface area contributed by atoms with Crippen LogP contribution >= 0.6 is 0 Å². The van der Waals surface area contributed by atoms with Crippen LogP contribution in [0.3, 0.4) is 0 Å². The summed E-state index contributed by atoms with van der Waals surface area (Å²) in [4.78, 5) is 4.96. The fourth-order valence-electron chi connectivity index (χ4n) is 6.33. The van der Waals surface area contributed by atoms with Crippen molar-refractivity contribution >= 4 is 65.5 Å². The third kappa shape index (κ3) is 2.75. The van der Waals surface area contributed by atoms with E-state index in [1.54, 1.807) is 0 Å². The summed E-state index contributed by atoms with van der Waals surface area (Å²) in [6.07, 6.45) is 0. The normalized spacial score (nSPS) is 12.1. The molecule has 182 valence electrons. The SMILES string of the molecule is c1ccc(-n2c3ccc4ccccc4c3c3c2ccc2c4ccccc4n(-c4nc5ccccc5o4)c23)cc1. The number of rotatable bonds is 2. The Balaban J connectivity index is 1.58. The molecule has 6 aromatic carbocycles. The van der Waals surface area contributed by atoms with Crippen molar-refractivity contribution in [1.29, 1.82) is 0 Å². The molecule has 0 spiro atoms. The van der Waals surface area contributed by atoms with E-state index in [9.17, 15) is 0 Å². The summed E-state index contributed by atoms with van der Waals surface area (Å²) < 4.78 is 11.0. The van der Waals surface area contributed by atoms with Gasteiger partial charge in [-0.25, -0.2) is 0 Å². The number of aromatic nitrogens is 3. The number of fused-ring (bicyclic) bond motifs is 10. The molecule has 39 heavy (non-hydrogen) atoms. The third-order valence-corrected chi connectivity index (χ3v) is 7.94. The highest BCUT2D eigenvalue weighted by atomic mass is 16.4. The summed E-state index contributed by atoms with van der Waals surface area (Å²) in [7, 11) is 0. The first-order valence-corrected chi connectivity index (χ1v) is 13.2. The van der Waals surface area contributed by atoms with E-state index >= 15 is 0 Å². The summed E-state index contributed by atoms with van der Waals surface area (Å²) in [5.74, 6) is 0. The Bertz CT molecular complexity index is 2360. The lowest BCUT2D eigenvalue weighted by Crippen LogP contribution is -1.95. The maximum atomic E-state index is 6.41. The number of nitrogens with zero attached hydrogens (tertiary/aromatic N) is 3. The number of hydrogen-bond donors (Lipinski definition) is 0. The highest BCUT2D eigenvalue weighted by molar-refractivity contribution is 6.31. The Hall–Kier alpha value is -5.35. The summed E-state index contributed by atoms with van der Waals surface area (Å²) >= 11 is 0. The molecule has 0 saturated carbocycles. The Labute approximate surface area is 222 Å². The van der Waals surface area contributed by atoms with Gasteiger partial charge in [0.05, 0.1) is 22.1 Å². The zero-order chi connectivity index (χ0) is 25.5. The molecule has 0 aliphatic carbocycles. The maximum Gasteiger partial charge on any atom is 0.307 e. The zero-order valence-electron chi connectivity index (χ0n) is 20.9. The van der Waals surface area contributed by atoms with Gasteiger partial charge >= 0.3 is 6.01 Å². The molecule has 4 nitrogen and oxygen atoms in total. The van der Waals surface area contributed by atoms with Crippen molar-refractivity contribution in [2.75, 3.05) is 0 Å². The Morgan fingerprint density at radius 2 is 1.21 bits per heavy atom. The summed E-state index contributed by atoms with van der Waals surface area (Å²) in [6, 6.07) is 45.3. The first-order valence-electron chi connectivity index (χ1n) is 13.2. The van der Waals surface area contributed by atoms with Crippen molar-refractivity contribution in [3.05, 3.63) is 127 Å². The predicted molar refractivity (Wildman–Crippen MR) is 160 cm³/mol. The van der Waals surface area contributed by atoms with Crippen LogP contribution in [0.4, 0.5) is 0 Å². The second-order valence-electron chi connectivity index (χ2n) is 10.0. The van der Waals surface area contributed by atoms with Crippen molar-refractivity contribution in [1.82, 2.24) is 14.1 Å². The highest BCUT2D eigenvalue weighted by Crippen LogP contribution is 2.44. The van der Waals surface area contributed by atoms with E-state index in [2.05, 4.69) is 112 Å². The van der Waals surface area contributed by atoms with Gasteiger partial charge in [-0.15, -0.1) is 0 Å². The highest BCUT2D eigenvalue weighted by Gasteiger charge is 2.23. The lowest BCUT2D eigenvalue weighted by atomic mass is 10.0. The summed E-state index contributed by atoms with van der Waals surface area (Å²) in [5, 5.41) is 7.24. The van der Waals surface area contributed by atoms with E-state index in [0.29, 0.717) is 6.01 Å². The third-order valence-electron chi connectivity index (χ3n) is 7.94. The zero-order valence-corrected chi connectivity index (χ0v) is 20.9. The van der Waals surface area contributed by atoms with E-state index in [-0.39, 0.29) is 0 Å². The molecular weight excluding hydrogens is 478 g/mol. The van der Waals surface area contributed by atoms with Gasteiger partial charge in [-0.05, 0) is 53.2 Å². The van der Waals surface area contributed by atoms with Crippen LogP contribution in [0.25, 0.3) is 77.2 Å². The monoisotopic (exact) mass is 499 g/mol. The first-order chi connectivity index (χ1) is 19.4. The van der Waals surface area contributed by atoms with Crippen LogP contribution < -0.4 is 0 Å². The number of benzene rings is 6. The minimum absolute atomic E-state index is 0.579. The quantitative estimate of drug-likeness (QED) is 0.238. The van der Waals surface area contributed by atoms with E-state index in [0.717, 1.165) is 33.3 Å². The van der Waals surface area contributed by atoms with Gasteiger partial charge in [0.25, 0.3) is 0 Å². The molecule has 9 rings (SSSR count). The van der Waals surface area contributed by atoms with Gasteiger partial charge in [-0.2, -0.15) is 4.98 Å². The average molecular weight is 500 g/mol. The minimum atomic E-state index is 0.579. The van der Waals surface area contributed by atoms with Crippen molar-refractivity contribution < 1.29 is 4.42 Å². The molecule has 0 atom stereocenters. The standard InChI is InChI=1S/C35H21N3O/c1-2-11-23(12-3-1)37-29-20-18-22-10-4-5-13-24(22)32(29)33-30(37)21-19-26-25-14-6-8-16-28(25)38(34(26)33)35-36-27-15-7-9-17-31(27)39-35/h1-21H. The second-order valence-corrected chi connectivity index (χ2v) is 10.0. The molecule has 0 aliphatic rings. The molecular formula is C35H21N3O. The Kier molecular flexibility index (Phi) is 4.02. The smallest absolute Gasteiger partial charge is 0.307 e. The van der Waals surface area contributed by atoms with Crippen molar-refractivity contribution in [2.45, 2.75) is 0 Å². The maximum absolute atomic E-state index is 6.41. The van der Waals surface area contributed by atoms with Crippen LogP contribution in [-0.2, 0) is 0 Å². The molecule has 0 aliphatic heterocycles. The molecule has 4 heteroatoms. The van der Waals surface area contributed by atoms with Crippen LogP contribution in [0.1, 0.15) is 0 Å². The van der Waals surface area contributed by atoms with Gasteiger partial charge in [0.2, 0.25) is 0 Å². The molecule has 9 aromatic rings. The van der Waals surface area contributed by atoms with Crippen LogP contribution in [0.5, 0.6) is 0 Å². The molecule has 0 saturated heterocycles. The first kappa shape index (κ1) is 20.7. The largest absolute Gasteiger partial charge is 0.423 e. The van der Waals surface area contributed by atoms with Gasteiger partial charge in [-0.1, -0.05) is 84.9 Å². The van der Waals surface area contributed by atoms with E-state index in [4.69, 9.17) is 9.40 Å².